The van der Waals surface area contributed by atoms with E-state index in [9.17, 15) is 14.7 Å². The Morgan fingerprint density at radius 1 is 1.18 bits per heavy atom. The van der Waals surface area contributed by atoms with Crippen LogP contribution in [0.5, 0.6) is 11.5 Å². The predicted octanol–water partition coefficient (Wildman–Crippen LogP) is 5.31. The monoisotopic (exact) mass is 656 g/mol. The molecule has 9 nitrogen and oxygen atoms in total. The van der Waals surface area contributed by atoms with Gasteiger partial charge in [-0.1, -0.05) is 23.2 Å². The van der Waals surface area contributed by atoms with Crippen LogP contribution >= 0.6 is 23.2 Å². The van der Waals surface area contributed by atoms with Gasteiger partial charge in [0.25, 0.3) is 5.91 Å². The number of fused-ring (bicyclic) bond motifs is 2. The van der Waals surface area contributed by atoms with E-state index >= 15 is 8.78 Å². The summed E-state index contributed by atoms with van der Waals surface area (Å²) in [7, 11) is 1.43. The van der Waals surface area contributed by atoms with Crippen molar-refractivity contribution < 1.29 is 33.0 Å². The first-order valence-electron chi connectivity index (χ1n) is 14.0. The van der Waals surface area contributed by atoms with E-state index in [2.05, 4.69) is 15.3 Å². The van der Waals surface area contributed by atoms with Gasteiger partial charge < -0.3 is 25.6 Å². The highest BCUT2D eigenvalue weighted by Gasteiger charge is 2.62. The Hall–Kier alpha value is -4.06. The molecule has 45 heavy (non-hydrogen) atoms. The number of methoxy groups -OCH3 is 1. The number of alkyl halides is 1. The van der Waals surface area contributed by atoms with Gasteiger partial charge in [-0.25, -0.2) is 18.7 Å². The molecule has 2 amide bonds. The second-order valence-electron chi connectivity index (χ2n) is 11.7. The molecule has 13 heteroatoms. The van der Waals surface area contributed by atoms with Crippen LogP contribution in [0.2, 0.25) is 10.0 Å². The second kappa shape index (κ2) is 10.8. The Morgan fingerprint density at radius 3 is 2.58 bits per heavy atom. The Morgan fingerprint density at radius 2 is 1.91 bits per heavy atom. The molecule has 0 bridgehead atoms. The van der Waals surface area contributed by atoms with E-state index in [1.54, 1.807) is 19.1 Å². The second-order valence-corrected chi connectivity index (χ2v) is 12.5. The third-order valence-electron chi connectivity index (χ3n) is 8.65. The van der Waals surface area contributed by atoms with Crippen LogP contribution in [-0.2, 0) is 15.8 Å². The van der Waals surface area contributed by atoms with E-state index in [1.807, 2.05) is 0 Å². The minimum absolute atomic E-state index is 0.0318. The van der Waals surface area contributed by atoms with E-state index in [4.69, 9.17) is 38.4 Å². The number of amides is 2. The maximum Gasteiger partial charge on any atom is 0.251 e. The number of rotatable bonds is 8. The van der Waals surface area contributed by atoms with Gasteiger partial charge in [0.05, 0.1) is 30.1 Å². The van der Waals surface area contributed by atoms with Crippen LogP contribution < -0.4 is 20.5 Å². The minimum atomic E-state index is -2.40. The van der Waals surface area contributed by atoms with Crippen LogP contribution in [0.4, 0.5) is 8.78 Å². The summed E-state index contributed by atoms with van der Waals surface area (Å²) in [5, 5.41) is 15.8. The summed E-state index contributed by atoms with van der Waals surface area (Å²) in [5.74, 6) is -1.74. The van der Waals surface area contributed by atoms with Crippen LogP contribution in [0.1, 0.15) is 47.1 Å². The summed E-state index contributed by atoms with van der Waals surface area (Å²) in [6.45, 7) is 2.47. The number of hydrogen-bond acceptors (Lipinski definition) is 7. The summed E-state index contributed by atoms with van der Waals surface area (Å²) in [4.78, 5) is 35.0. The number of nitrogens with two attached hydrogens (primary N) is 1. The molecule has 1 unspecified atom stereocenters. The molecule has 1 fully saturated rings. The van der Waals surface area contributed by atoms with Crippen LogP contribution in [0, 0.1) is 12.7 Å². The largest absolute Gasteiger partial charge is 0.494 e. The molecule has 2 aromatic heterocycles. The Balaban J connectivity index is 1.44. The molecule has 0 saturated heterocycles. The van der Waals surface area contributed by atoms with Crippen molar-refractivity contribution in [3.8, 4) is 22.8 Å². The number of primary amides is 1. The maximum absolute atomic E-state index is 16.2. The summed E-state index contributed by atoms with van der Waals surface area (Å²) in [6.07, 6.45) is -0.0637. The number of pyridine rings is 2. The van der Waals surface area contributed by atoms with Crippen molar-refractivity contribution in [2.24, 2.45) is 5.73 Å². The van der Waals surface area contributed by atoms with Crippen molar-refractivity contribution in [1.82, 2.24) is 15.3 Å². The number of hydrogen-bond donors (Lipinski definition) is 3. The number of nitrogens with zero attached hydrogens (tertiary/aromatic N) is 2. The smallest absolute Gasteiger partial charge is 0.251 e. The van der Waals surface area contributed by atoms with Gasteiger partial charge in [-0.3, -0.25) is 9.59 Å². The number of carbonyl (C=O) groups excluding carboxylic acids is 2. The van der Waals surface area contributed by atoms with Gasteiger partial charge in [-0.15, -0.1) is 0 Å². The van der Waals surface area contributed by atoms with E-state index in [-0.39, 0.29) is 58.3 Å². The van der Waals surface area contributed by atoms with Crippen molar-refractivity contribution in [2.75, 3.05) is 20.3 Å². The average Bonchev–Trinajstić information content (AvgIpc) is 3.68. The lowest BCUT2D eigenvalue weighted by Crippen LogP contribution is -2.49. The summed E-state index contributed by atoms with van der Waals surface area (Å²) in [6, 6.07) is 9.80. The quantitative estimate of drug-likeness (QED) is 0.234. The lowest BCUT2D eigenvalue weighted by atomic mass is 9.80. The van der Waals surface area contributed by atoms with Crippen LogP contribution in [0.3, 0.4) is 0 Å². The van der Waals surface area contributed by atoms with E-state index in [1.165, 1.54) is 38.3 Å². The number of aromatic nitrogens is 2. The number of benzene rings is 2. The number of aryl methyl sites for hydroxylation is 1. The zero-order valence-corrected chi connectivity index (χ0v) is 25.9. The van der Waals surface area contributed by atoms with Crippen molar-refractivity contribution in [2.45, 2.75) is 43.4 Å². The van der Waals surface area contributed by atoms with Crippen molar-refractivity contribution in [3.05, 3.63) is 80.8 Å². The fourth-order valence-electron chi connectivity index (χ4n) is 5.58. The molecular formula is C32H28Cl2F2N4O5. The van der Waals surface area contributed by atoms with Crippen LogP contribution in [0.25, 0.3) is 22.2 Å². The average molecular weight is 658 g/mol. The van der Waals surface area contributed by atoms with Crippen molar-refractivity contribution in [1.29, 1.82) is 0 Å². The van der Waals surface area contributed by atoms with Gasteiger partial charge in [-0.2, -0.15) is 0 Å². The number of aliphatic hydroxyl groups is 1. The highest BCUT2D eigenvalue weighted by molar-refractivity contribution is 6.32. The molecule has 4 N–H and O–H groups in total. The third-order valence-corrected chi connectivity index (χ3v) is 9.27. The van der Waals surface area contributed by atoms with E-state index in [0.717, 1.165) is 6.07 Å². The topological polar surface area (TPSA) is 137 Å². The first kappa shape index (κ1) is 30.9. The fourth-order valence-corrected chi connectivity index (χ4v) is 5.91. The standard InChI is InChI=1S/C32H28Cl2F2N4O5/c1-15-21(34)9-16-8-17(10-23(44-3)25(16)39-15)28(41)38-13-32(43,31(36)6-7-31)24-12-20-27(45-14-30(20,2)29(37)42)26(40-24)19-11-18(33)4-5-22(19)35/h4-5,8-12,43H,6-7,13-14H2,1-3H3,(H2,37,42)(H,38,41)/t30-,32?/m0/s1. The SMILES string of the molecule is COc1cc(C(=O)NCC(O)(c2cc3c(c(-c4cc(Cl)ccc4F)n2)OC[C@]3(C)C(N)=O)C2(F)CC2)cc2cc(Cl)c(C)nc12. The molecule has 1 aliphatic carbocycles. The molecule has 4 aromatic rings. The molecule has 1 saturated carbocycles. The van der Waals surface area contributed by atoms with Crippen molar-refractivity contribution in [3.63, 3.8) is 0 Å². The normalized spacial score (nSPS) is 19.4. The number of ether oxygens (including phenoxy) is 2. The zero-order chi connectivity index (χ0) is 32.5. The molecular weight excluding hydrogens is 629 g/mol. The highest BCUT2D eigenvalue weighted by atomic mass is 35.5. The lowest BCUT2D eigenvalue weighted by Gasteiger charge is -2.33. The van der Waals surface area contributed by atoms with Gasteiger partial charge in [0.2, 0.25) is 5.91 Å². The van der Waals surface area contributed by atoms with Gasteiger partial charge in [0.1, 0.15) is 46.2 Å². The van der Waals surface area contributed by atoms with Gasteiger partial charge in [0, 0.05) is 27.1 Å². The molecule has 6 rings (SSSR count). The first-order chi connectivity index (χ1) is 21.2. The van der Waals surface area contributed by atoms with Gasteiger partial charge >= 0.3 is 0 Å². The van der Waals surface area contributed by atoms with E-state index in [0.29, 0.717) is 27.4 Å². The third kappa shape index (κ3) is 5.03. The summed E-state index contributed by atoms with van der Waals surface area (Å²) >= 11 is 12.4. The Kier molecular flexibility index (Phi) is 7.42. The minimum Gasteiger partial charge on any atom is -0.494 e. The molecule has 0 spiro atoms. The van der Waals surface area contributed by atoms with Crippen LogP contribution in [-0.4, -0.2) is 52.8 Å². The van der Waals surface area contributed by atoms with Crippen LogP contribution in [0.15, 0.2) is 42.5 Å². The number of carbonyl (C=O) groups is 2. The molecule has 2 aromatic carbocycles. The molecule has 3 heterocycles. The predicted molar refractivity (Wildman–Crippen MR) is 164 cm³/mol. The van der Waals surface area contributed by atoms with Gasteiger partial charge in [-0.05, 0) is 69.2 Å². The molecule has 2 aliphatic rings. The molecule has 234 valence electrons. The van der Waals surface area contributed by atoms with Gasteiger partial charge in [0.15, 0.2) is 5.60 Å². The number of halogens is 4. The Labute approximate surface area is 266 Å². The summed E-state index contributed by atoms with van der Waals surface area (Å²) < 4.78 is 42.6. The lowest BCUT2D eigenvalue weighted by molar-refractivity contribution is -0.123. The molecule has 2 atom stereocenters. The Bertz CT molecular complexity index is 1920. The maximum atomic E-state index is 16.2. The van der Waals surface area contributed by atoms with Crippen molar-refractivity contribution >= 4 is 45.9 Å². The fraction of sp³-hybridized carbons (Fsp3) is 0.312. The number of nitrogens with one attached hydrogen (secondary N) is 1. The zero-order valence-electron chi connectivity index (χ0n) is 24.4. The first-order valence-corrected chi connectivity index (χ1v) is 14.7. The molecule has 0 radical (unpaired) electrons. The highest BCUT2D eigenvalue weighted by Crippen LogP contribution is 2.55. The van der Waals surface area contributed by atoms with E-state index < -0.39 is 40.9 Å². The molecule has 1 aliphatic heterocycles. The summed E-state index contributed by atoms with van der Waals surface area (Å²) in [5.41, 5.74) is 0.748.